The first-order valence-corrected chi connectivity index (χ1v) is 6.90. The number of benzene rings is 1. The van der Waals surface area contributed by atoms with Crippen LogP contribution in [0.1, 0.15) is 32.8 Å². The molecule has 0 aliphatic carbocycles. The number of fused-ring (bicyclic) bond motifs is 1. The minimum Gasteiger partial charge on any atom is -0.444 e. The summed E-state index contributed by atoms with van der Waals surface area (Å²) in [7, 11) is 1.63. The van der Waals surface area contributed by atoms with Crippen molar-refractivity contribution in [2.75, 3.05) is 11.9 Å². The smallest absolute Gasteiger partial charge is 0.304 e. The third-order valence-corrected chi connectivity index (χ3v) is 3.52. The number of carbonyl (C=O) groups excluding carboxylic acids is 3. The zero-order valence-electron chi connectivity index (χ0n) is 13.0. The fourth-order valence-electron chi connectivity index (χ4n) is 2.82. The first-order valence-electron chi connectivity index (χ1n) is 6.90. The van der Waals surface area contributed by atoms with Gasteiger partial charge in [-0.25, -0.2) is 4.99 Å². The van der Waals surface area contributed by atoms with E-state index in [0.717, 1.165) is 0 Å². The highest BCUT2D eigenvalue weighted by Crippen LogP contribution is 2.44. The Morgan fingerprint density at radius 1 is 1.23 bits per heavy atom. The summed E-state index contributed by atoms with van der Waals surface area (Å²) >= 11 is 0. The summed E-state index contributed by atoms with van der Waals surface area (Å²) in [5.74, 6) is -1.27. The Hall–Kier alpha value is -2.50. The molecule has 1 aliphatic rings. The Labute approximate surface area is 128 Å². The van der Waals surface area contributed by atoms with Crippen molar-refractivity contribution >= 4 is 29.2 Å². The summed E-state index contributed by atoms with van der Waals surface area (Å²) in [5.41, 5.74) is 0.271. The van der Waals surface area contributed by atoms with E-state index in [-0.39, 0.29) is 18.2 Å². The molecule has 0 fully saturated rings. The predicted octanol–water partition coefficient (Wildman–Crippen LogP) is 1.82. The molecule has 0 saturated heterocycles. The van der Waals surface area contributed by atoms with E-state index in [2.05, 4.69) is 4.99 Å². The van der Waals surface area contributed by atoms with E-state index < -0.39 is 11.6 Å². The van der Waals surface area contributed by atoms with Crippen LogP contribution < -0.4 is 4.90 Å². The summed E-state index contributed by atoms with van der Waals surface area (Å²) in [6.07, 6.45) is 0.0480. The first kappa shape index (κ1) is 15.9. The van der Waals surface area contributed by atoms with Gasteiger partial charge in [0.1, 0.15) is 0 Å². The number of para-hydroxylation sites is 1. The van der Waals surface area contributed by atoms with Crippen molar-refractivity contribution in [3.05, 3.63) is 29.8 Å². The molecule has 2 rings (SSSR count). The van der Waals surface area contributed by atoms with Gasteiger partial charge in [-0.1, -0.05) is 18.2 Å². The average molecular weight is 302 g/mol. The second-order valence-electron chi connectivity index (χ2n) is 5.34. The highest BCUT2D eigenvalue weighted by Gasteiger charge is 2.53. The van der Waals surface area contributed by atoms with Gasteiger partial charge in [-0.3, -0.25) is 14.4 Å². The minimum absolute atomic E-state index is 0.0480. The van der Waals surface area contributed by atoms with Crippen molar-refractivity contribution in [3.63, 3.8) is 0 Å². The fraction of sp³-hybridized carbons (Fsp3) is 0.375. The van der Waals surface area contributed by atoms with Crippen molar-refractivity contribution in [3.8, 4) is 0 Å². The molecule has 22 heavy (non-hydrogen) atoms. The monoisotopic (exact) mass is 302 g/mol. The van der Waals surface area contributed by atoms with E-state index in [1.807, 2.05) is 6.07 Å². The van der Waals surface area contributed by atoms with E-state index in [4.69, 9.17) is 4.74 Å². The standard InChI is InChI=1S/C16H18N2O4/c1-10(17-11(2)19)9-16(22-12(3)20)13-7-5-6-8-14(13)18(4)15(16)21/h5-8H,9H2,1-4H3/t16-/m1/s1. The largest absolute Gasteiger partial charge is 0.444 e. The lowest BCUT2D eigenvalue weighted by Gasteiger charge is -2.27. The maximum atomic E-state index is 12.7. The minimum atomic E-state index is -1.46. The first-order chi connectivity index (χ1) is 10.3. The van der Waals surface area contributed by atoms with Crippen LogP contribution in [0.5, 0.6) is 0 Å². The molecule has 0 N–H and O–H groups in total. The lowest BCUT2D eigenvalue weighted by molar-refractivity contribution is -0.164. The highest BCUT2D eigenvalue weighted by molar-refractivity contribution is 6.10. The molecule has 0 aromatic heterocycles. The number of likely N-dealkylation sites (N-methyl/N-ethyl adjacent to an activating group) is 1. The van der Waals surface area contributed by atoms with Crippen LogP contribution in [0.2, 0.25) is 0 Å². The molecule has 0 unspecified atom stereocenters. The molecule has 6 nitrogen and oxygen atoms in total. The van der Waals surface area contributed by atoms with Gasteiger partial charge in [0, 0.05) is 38.6 Å². The Kier molecular flexibility index (Phi) is 4.12. The van der Waals surface area contributed by atoms with Gasteiger partial charge in [0.05, 0.1) is 5.69 Å². The third kappa shape index (κ3) is 2.64. The molecule has 1 aromatic carbocycles. The topological polar surface area (TPSA) is 76.0 Å². The molecule has 1 heterocycles. The zero-order valence-corrected chi connectivity index (χ0v) is 13.0. The molecule has 0 saturated carbocycles. The molecular formula is C16H18N2O4. The van der Waals surface area contributed by atoms with E-state index in [1.165, 1.54) is 18.7 Å². The number of carbonyl (C=O) groups is 3. The fourth-order valence-corrected chi connectivity index (χ4v) is 2.82. The number of rotatable bonds is 3. The second kappa shape index (κ2) is 5.71. The number of amides is 2. The summed E-state index contributed by atoms with van der Waals surface area (Å²) in [6.45, 7) is 4.23. The zero-order chi connectivity index (χ0) is 16.5. The number of nitrogens with zero attached hydrogens (tertiary/aromatic N) is 2. The van der Waals surface area contributed by atoms with Gasteiger partial charge in [-0.05, 0) is 13.0 Å². The van der Waals surface area contributed by atoms with E-state index >= 15 is 0 Å². The van der Waals surface area contributed by atoms with Gasteiger partial charge in [-0.2, -0.15) is 0 Å². The second-order valence-corrected chi connectivity index (χ2v) is 5.34. The van der Waals surface area contributed by atoms with Crippen LogP contribution in [0, 0.1) is 0 Å². The number of hydrogen-bond acceptors (Lipinski definition) is 4. The van der Waals surface area contributed by atoms with Crippen LogP contribution in [-0.2, 0) is 24.7 Å². The number of anilines is 1. The molecule has 6 heteroatoms. The predicted molar refractivity (Wildman–Crippen MR) is 81.7 cm³/mol. The SMILES string of the molecule is CC(=O)N=C(C)C[C@]1(OC(C)=O)C(=O)N(C)c2ccccc21. The summed E-state index contributed by atoms with van der Waals surface area (Å²) in [6, 6.07) is 7.13. The van der Waals surface area contributed by atoms with Crippen LogP contribution >= 0.6 is 0 Å². The molecule has 1 atom stereocenters. The van der Waals surface area contributed by atoms with E-state index in [0.29, 0.717) is 17.0 Å². The lowest BCUT2D eigenvalue weighted by atomic mass is 9.89. The van der Waals surface area contributed by atoms with Gasteiger partial charge >= 0.3 is 5.97 Å². The Morgan fingerprint density at radius 2 is 1.86 bits per heavy atom. The van der Waals surface area contributed by atoms with Gasteiger partial charge in [0.25, 0.3) is 5.91 Å². The van der Waals surface area contributed by atoms with Crippen LogP contribution in [0.4, 0.5) is 5.69 Å². The van der Waals surface area contributed by atoms with Crippen LogP contribution in [-0.4, -0.2) is 30.5 Å². The number of aliphatic imine (C=N–C) groups is 1. The van der Waals surface area contributed by atoms with E-state index in [1.54, 1.807) is 32.2 Å². The Bertz CT molecular complexity index is 680. The van der Waals surface area contributed by atoms with Crippen LogP contribution in [0.15, 0.2) is 29.3 Å². The van der Waals surface area contributed by atoms with E-state index in [9.17, 15) is 14.4 Å². The molecule has 116 valence electrons. The summed E-state index contributed by atoms with van der Waals surface area (Å²) in [5, 5.41) is 0. The Morgan fingerprint density at radius 3 is 2.45 bits per heavy atom. The normalized spacial score (nSPS) is 20.8. The van der Waals surface area contributed by atoms with Crippen molar-refractivity contribution < 1.29 is 19.1 Å². The van der Waals surface area contributed by atoms with Gasteiger partial charge in [0.15, 0.2) is 0 Å². The molecule has 0 bridgehead atoms. The van der Waals surface area contributed by atoms with Gasteiger partial charge in [0.2, 0.25) is 11.5 Å². The van der Waals surface area contributed by atoms with Crippen LogP contribution in [0.25, 0.3) is 0 Å². The van der Waals surface area contributed by atoms with Crippen molar-refractivity contribution in [2.24, 2.45) is 4.99 Å². The molecule has 1 aromatic rings. The van der Waals surface area contributed by atoms with Gasteiger partial charge < -0.3 is 9.64 Å². The number of hydrogen-bond donors (Lipinski definition) is 0. The Balaban J connectivity index is 2.57. The summed E-state index contributed by atoms with van der Waals surface area (Å²) < 4.78 is 5.44. The average Bonchev–Trinajstić information content (AvgIpc) is 2.61. The van der Waals surface area contributed by atoms with Crippen molar-refractivity contribution in [1.82, 2.24) is 0 Å². The van der Waals surface area contributed by atoms with Crippen LogP contribution in [0.3, 0.4) is 0 Å². The van der Waals surface area contributed by atoms with Crippen molar-refractivity contribution in [1.29, 1.82) is 0 Å². The maximum absolute atomic E-state index is 12.7. The molecule has 0 spiro atoms. The quantitative estimate of drug-likeness (QED) is 0.630. The van der Waals surface area contributed by atoms with Crippen molar-refractivity contribution in [2.45, 2.75) is 32.8 Å². The van der Waals surface area contributed by atoms with Gasteiger partial charge in [-0.15, -0.1) is 0 Å². The number of esters is 1. The highest BCUT2D eigenvalue weighted by atomic mass is 16.6. The summed E-state index contributed by atoms with van der Waals surface area (Å²) in [4.78, 5) is 40.8. The molecule has 0 radical (unpaired) electrons. The molecule has 1 aliphatic heterocycles. The molecule has 2 amide bonds. The third-order valence-electron chi connectivity index (χ3n) is 3.52. The maximum Gasteiger partial charge on any atom is 0.304 e. The lowest BCUT2D eigenvalue weighted by Crippen LogP contribution is -2.43. The number of ether oxygens (including phenoxy) is 1. The molecular weight excluding hydrogens is 284 g/mol.